The van der Waals surface area contributed by atoms with Crippen LogP contribution < -0.4 is 5.32 Å². The number of amides is 1. The fourth-order valence-electron chi connectivity index (χ4n) is 2.33. The van der Waals surface area contributed by atoms with Crippen LogP contribution in [0.2, 0.25) is 5.02 Å². The SMILES string of the molecule is CC(C)(C)OC(=O)NC(Cc1c[nH]c2cc(Cl)c(C#N)cc12)C(=O)O. The summed E-state index contributed by atoms with van der Waals surface area (Å²) in [6, 6.07) is 4.02. The molecular weight excluding hydrogens is 346 g/mol. The highest BCUT2D eigenvalue weighted by molar-refractivity contribution is 6.32. The van der Waals surface area contributed by atoms with E-state index in [-0.39, 0.29) is 6.42 Å². The fraction of sp³-hybridized carbons (Fsp3) is 0.353. The molecule has 0 fully saturated rings. The Bertz CT molecular complexity index is 861. The predicted molar refractivity (Wildman–Crippen MR) is 92.5 cm³/mol. The van der Waals surface area contributed by atoms with Crippen LogP contribution in [0.5, 0.6) is 0 Å². The number of halogens is 1. The number of nitrogens with one attached hydrogen (secondary N) is 2. The second kappa shape index (κ2) is 7.03. The molecule has 2 rings (SSSR count). The summed E-state index contributed by atoms with van der Waals surface area (Å²) in [6.45, 7) is 5.07. The lowest BCUT2D eigenvalue weighted by atomic mass is 10.0. The number of fused-ring (bicyclic) bond motifs is 1. The van der Waals surface area contributed by atoms with Crippen molar-refractivity contribution in [1.29, 1.82) is 5.26 Å². The molecule has 1 aromatic heterocycles. The number of aromatic amines is 1. The molecule has 0 radical (unpaired) electrons. The van der Waals surface area contributed by atoms with E-state index in [9.17, 15) is 14.7 Å². The number of rotatable bonds is 4. The van der Waals surface area contributed by atoms with Gasteiger partial charge in [-0.15, -0.1) is 0 Å². The van der Waals surface area contributed by atoms with Crippen LogP contribution in [0.1, 0.15) is 31.9 Å². The zero-order chi connectivity index (χ0) is 18.8. The van der Waals surface area contributed by atoms with E-state index in [0.717, 1.165) is 0 Å². The fourth-order valence-corrected chi connectivity index (χ4v) is 2.53. The monoisotopic (exact) mass is 363 g/mol. The van der Waals surface area contributed by atoms with Gasteiger partial charge in [0.15, 0.2) is 0 Å². The largest absolute Gasteiger partial charge is 0.480 e. The molecule has 0 aliphatic rings. The molecule has 1 unspecified atom stereocenters. The molecule has 1 atom stereocenters. The Morgan fingerprint density at radius 1 is 1.44 bits per heavy atom. The standard InChI is InChI=1S/C17H18ClN3O4/c1-17(2,3)25-16(24)21-14(15(22)23)5-10-8-20-13-6-12(18)9(7-19)4-11(10)13/h4,6,8,14,20H,5H2,1-3H3,(H,21,24)(H,22,23). The Balaban J connectivity index is 2.25. The van der Waals surface area contributed by atoms with E-state index in [2.05, 4.69) is 10.3 Å². The zero-order valence-electron chi connectivity index (χ0n) is 14.0. The molecule has 7 nitrogen and oxygen atoms in total. The third-order valence-electron chi connectivity index (χ3n) is 3.39. The maximum Gasteiger partial charge on any atom is 0.408 e. The molecule has 0 aliphatic heterocycles. The number of hydrogen-bond acceptors (Lipinski definition) is 4. The first-order valence-corrected chi connectivity index (χ1v) is 7.90. The summed E-state index contributed by atoms with van der Waals surface area (Å²) in [5.74, 6) is -1.19. The molecule has 1 heterocycles. The summed E-state index contributed by atoms with van der Waals surface area (Å²) in [7, 11) is 0. The molecule has 2 aromatic rings. The minimum Gasteiger partial charge on any atom is -0.480 e. The first kappa shape index (κ1) is 18.6. The average molecular weight is 364 g/mol. The minimum atomic E-state index is -1.19. The molecule has 0 spiro atoms. The highest BCUT2D eigenvalue weighted by Crippen LogP contribution is 2.26. The maximum absolute atomic E-state index is 11.8. The van der Waals surface area contributed by atoms with Crippen molar-refractivity contribution in [1.82, 2.24) is 10.3 Å². The number of carboxylic acid groups (broad SMARTS) is 1. The second-order valence-corrected chi connectivity index (χ2v) is 6.95. The van der Waals surface area contributed by atoms with E-state index in [1.54, 1.807) is 39.1 Å². The summed E-state index contributed by atoms with van der Waals surface area (Å²) >= 11 is 5.99. The zero-order valence-corrected chi connectivity index (χ0v) is 14.8. The van der Waals surface area contributed by atoms with Crippen LogP contribution in [0, 0.1) is 11.3 Å². The topological polar surface area (TPSA) is 115 Å². The van der Waals surface area contributed by atoms with Gasteiger partial charge in [-0.05, 0) is 38.5 Å². The van der Waals surface area contributed by atoms with Crippen molar-refractivity contribution in [2.45, 2.75) is 38.8 Å². The second-order valence-electron chi connectivity index (χ2n) is 6.54. The number of carboxylic acids is 1. The van der Waals surface area contributed by atoms with Gasteiger partial charge in [0.1, 0.15) is 17.7 Å². The van der Waals surface area contributed by atoms with Gasteiger partial charge in [-0.25, -0.2) is 9.59 Å². The molecule has 1 amide bonds. The van der Waals surface area contributed by atoms with Gasteiger partial charge < -0.3 is 20.1 Å². The van der Waals surface area contributed by atoms with Crippen molar-refractivity contribution in [2.24, 2.45) is 0 Å². The lowest BCUT2D eigenvalue weighted by molar-refractivity contribution is -0.139. The number of ether oxygens (including phenoxy) is 1. The third-order valence-corrected chi connectivity index (χ3v) is 3.70. The summed E-state index contributed by atoms with van der Waals surface area (Å²) in [5.41, 5.74) is 0.890. The predicted octanol–water partition coefficient (Wildman–Crippen LogP) is 3.21. The Morgan fingerprint density at radius 2 is 2.12 bits per heavy atom. The Morgan fingerprint density at radius 3 is 2.68 bits per heavy atom. The molecule has 0 saturated carbocycles. The van der Waals surface area contributed by atoms with Crippen molar-refractivity contribution >= 4 is 34.6 Å². The number of aromatic nitrogens is 1. The highest BCUT2D eigenvalue weighted by atomic mass is 35.5. The minimum absolute atomic E-state index is 0.0288. The van der Waals surface area contributed by atoms with E-state index in [1.165, 1.54) is 0 Å². The van der Waals surface area contributed by atoms with E-state index < -0.39 is 23.7 Å². The van der Waals surface area contributed by atoms with E-state index in [4.69, 9.17) is 21.6 Å². The Labute approximate surface area is 149 Å². The van der Waals surface area contributed by atoms with Crippen LogP contribution in [0.4, 0.5) is 4.79 Å². The van der Waals surface area contributed by atoms with Gasteiger partial charge in [0.25, 0.3) is 0 Å². The van der Waals surface area contributed by atoms with Crippen LogP contribution in [0.15, 0.2) is 18.3 Å². The average Bonchev–Trinajstić information content (AvgIpc) is 2.85. The van der Waals surface area contributed by atoms with Crippen LogP contribution in [0.3, 0.4) is 0 Å². The highest BCUT2D eigenvalue weighted by Gasteiger charge is 2.25. The van der Waals surface area contributed by atoms with Crippen molar-refractivity contribution in [3.05, 3.63) is 34.5 Å². The van der Waals surface area contributed by atoms with Gasteiger partial charge in [0.05, 0.1) is 10.6 Å². The number of aliphatic carboxylic acids is 1. The van der Waals surface area contributed by atoms with Crippen LogP contribution >= 0.6 is 11.6 Å². The molecule has 1 aromatic carbocycles. The maximum atomic E-state index is 11.8. The van der Waals surface area contributed by atoms with Gasteiger partial charge in [0, 0.05) is 23.5 Å². The van der Waals surface area contributed by atoms with Gasteiger partial charge in [-0.3, -0.25) is 0 Å². The van der Waals surface area contributed by atoms with Crippen molar-refractivity contribution in [2.75, 3.05) is 0 Å². The molecular formula is C17H18ClN3O4. The van der Waals surface area contributed by atoms with Gasteiger partial charge >= 0.3 is 12.1 Å². The number of benzene rings is 1. The van der Waals surface area contributed by atoms with E-state index in [1.807, 2.05) is 6.07 Å². The number of H-pyrrole nitrogens is 1. The molecule has 0 aliphatic carbocycles. The molecule has 8 heteroatoms. The number of nitrogens with zero attached hydrogens (tertiary/aromatic N) is 1. The summed E-state index contributed by atoms with van der Waals surface area (Å²) < 4.78 is 5.10. The summed E-state index contributed by atoms with van der Waals surface area (Å²) in [6.07, 6.45) is 0.858. The summed E-state index contributed by atoms with van der Waals surface area (Å²) in [4.78, 5) is 26.3. The van der Waals surface area contributed by atoms with Crippen molar-refractivity contribution < 1.29 is 19.4 Å². The first-order chi connectivity index (χ1) is 11.6. The Hall–Kier alpha value is -2.72. The third kappa shape index (κ3) is 4.64. The number of carbonyl (C=O) groups excluding carboxylic acids is 1. The lowest BCUT2D eigenvalue weighted by Gasteiger charge is -2.22. The van der Waals surface area contributed by atoms with E-state index in [0.29, 0.717) is 27.1 Å². The number of hydrogen-bond donors (Lipinski definition) is 3. The Kier molecular flexibility index (Phi) is 5.24. The number of nitriles is 1. The number of carbonyl (C=O) groups is 2. The molecule has 0 bridgehead atoms. The van der Waals surface area contributed by atoms with E-state index >= 15 is 0 Å². The summed E-state index contributed by atoms with van der Waals surface area (Å²) in [5, 5.41) is 21.8. The van der Waals surface area contributed by atoms with Gasteiger partial charge in [-0.1, -0.05) is 11.6 Å². The molecule has 3 N–H and O–H groups in total. The molecule has 25 heavy (non-hydrogen) atoms. The van der Waals surface area contributed by atoms with Crippen molar-refractivity contribution in [3.8, 4) is 6.07 Å². The van der Waals surface area contributed by atoms with Gasteiger partial charge in [-0.2, -0.15) is 5.26 Å². The van der Waals surface area contributed by atoms with Crippen molar-refractivity contribution in [3.63, 3.8) is 0 Å². The van der Waals surface area contributed by atoms with Crippen LogP contribution in [0.25, 0.3) is 10.9 Å². The first-order valence-electron chi connectivity index (χ1n) is 7.52. The smallest absolute Gasteiger partial charge is 0.408 e. The lowest BCUT2D eigenvalue weighted by Crippen LogP contribution is -2.44. The van der Waals surface area contributed by atoms with Gasteiger partial charge in [0.2, 0.25) is 0 Å². The van der Waals surface area contributed by atoms with Crippen LogP contribution in [-0.4, -0.2) is 33.8 Å². The quantitative estimate of drug-likeness (QED) is 0.771. The normalized spacial score (nSPS) is 12.4. The molecule has 132 valence electrons. The van der Waals surface area contributed by atoms with Crippen LogP contribution in [-0.2, 0) is 16.0 Å². The molecule has 0 saturated heterocycles. The number of alkyl carbamates (subject to hydrolysis) is 1.